The van der Waals surface area contributed by atoms with Gasteiger partial charge in [0.2, 0.25) is 0 Å². The second kappa shape index (κ2) is 7.02. The first-order valence-electron chi connectivity index (χ1n) is 6.56. The molecule has 0 radical (unpaired) electrons. The lowest BCUT2D eigenvalue weighted by atomic mass is 10.0. The van der Waals surface area contributed by atoms with Crippen LogP contribution in [-0.2, 0) is 6.42 Å². The van der Waals surface area contributed by atoms with Crippen LogP contribution in [0.15, 0.2) is 30.6 Å². The van der Waals surface area contributed by atoms with Gasteiger partial charge in [0, 0.05) is 6.20 Å². The number of rotatable bonds is 5. The molecule has 1 N–H and O–H groups in total. The van der Waals surface area contributed by atoms with Crippen LogP contribution in [0.1, 0.15) is 29.9 Å². The maximum Gasteiger partial charge on any atom is 0.0759 e. The van der Waals surface area contributed by atoms with Crippen molar-refractivity contribution in [1.29, 1.82) is 0 Å². The van der Waals surface area contributed by atoms with E-state index in [1.54, 1.807) is 6.20 Å². The van der Waals surface area contributed by atoms with Gasteiger partial charge in [-0.2, -0.15) is 0 Å². The lowest BCUT2D eigenvalue weighted by Gasteiger charge is -2.17. The summed E-state index contributed by atoms with van der Waals surface area (Å²) in [7, 11) is 0. The lowest BCUT2D eigenvalue weighted by Crippen LogP contribution is -2.24. The number of hydrogen-bond donors (Lipinski definition) is 1. The Hall–Kier alpha value is -1.16. The Balaban J connectivity index is 2.20. The van der Waals surface area contributed by atoms with Crippen LogP contribution in [0, 0.1) is 6.92 Å². The molecule has 0 saturated heterocycles. The number of aryl methyl sites for hydroxylation is 1. The van der Waals surface area contributed by atoms with Gasteiger partial charge in [0.05, 0.1) is 33.7 Å². The van der Waals surface area contributed by atoms with Gasteiger partial charge in [-0.05, 0) is 37.6 Å². The van der Waals surface area contributed by atoms with E-state index in [0.29, 0.717) is 10.0 Å². The highest BCUT2D eigenvalue weighted by molar-refractivity contribution is 6.42. The van der Waals surface area contributed by atoms with E-state index in [9.17, 15) is 0 Å². The Morgan fingerprint density at radius 1 is 1.15 bits per heavy atom. The fraction of sp³-hybridized carbons (Fsp3) is 0.333. The van der Waals surface area contributed by atoms with Crippen LogP contribution in [0.2, 0.25) is 10.0 Å². The summed E-state index contributed by atoms with van der Waals surface area (Å²) in [6, 6.07) is 5.82. The molecule has 0 saturated carbocycles. The Bertz CT molecular complexity index is 570. The van der Waals surface area contributed by atoms with Crippen molar-refractivity contribution in [2.75, 3.05) is 6.54 Å². The highest BCUT2D eigenvalue weighted by Gasteiger charge is 2.13. The summed E-state index contributed by atoms with van der Waals surface area (Å²) in [6.07, 6.45) is 4.40. The van der Waals surface area contributed by atoms with Crippen molar-refractivity contribution < 1.29 is 0 Å². The first-order chi connectivity index (χ1) is 9.60. The number of nitrogens with one attached hydrogen (secondary N) is 1. The number of nitrogens with zero attached hydrogens (tertiary/aromatic N) is 2. The van der Waals surface area contributed by atoms with Gasteiger partial charge in [-0.3, -0.25) is 9.97 Å². The zero-order chi connectivity index (χ0) is 14.5. The summed E-state index contributed by atoms with van der Waals surface area (Å²) < 4.78 is 0. The molecule has 0 amide bonds. The molecule has 106 valence electrons. The molecule has 1 aromatic heterocycles. The SMILES string of the molecule is CCNC(Cc1ccc(Cl)c(Cl)c1)c1cnc(C)cn1. The monoisotopic (exact) mass is 309 g/mol. The number of hydrogen-bond acceptors (Lipinski definition) is 3. The van der Waals surface area contributed by atoms with Crippen LogP contribution in [0.25, 0.3) is 0 Å². The first kappa shape index (κ1) is 15.2. The fourth-order valence-electron chi connectivity index (χ4n) is 2.01. The molecule has 2 aromatic rings. The minimum Gasteiger partial charge on any atom is -0.309 e. The molecular weight excluding hydrogens is 293 g/mol. The van der Waals surface area contributed by atoms with Crippen molar-refractivity contribution in [3.05, 3.63) is 57.6 Å². The minimum absolute atomic E-state index is 0.116. The highest BCUT2D eigenvalue weighted by atomic mass is 35.5. The molecular formula is C15H17Cl2N3. The van der Waals surface area contributed by atoms with E-state index in [2.05, 4.69) is 22.2 Å². The van der Waals surface area contributed by atoms with E-state index in [0.717, 1.165) is 29.9 Å². The van der Waals surface area contributed by atoms with Crippen LogP contribution in [-0.4, -0.2) is 16.5 Å². The van der Waals surface area contributed by atoms with E-state index in [-0.39, 0.29) is 6.04 Å². The van der Waals surface area contributed by atoms with Crippen molar-refractivity contribution in [3.8, 4) is 0 Å². The summed E-state index contributed by atoms with van der Waals surface area (Å²) in [5.41, 5.74) is 2.97. The van der Waals surface area contributed by atoms with Crippen molar-refractivity contribution in [3.63, 3.8) is 0 Å². The first-order valence-corrected chi connectivity index (χ1v) is 7.31. The van der Waals surface area contributed by atoms with Crippen molar-refractivity contribution in [1.82, 2.24) is 15.3 Å². The average molecular weight is 310 g/mol. The molecule has 3 nitrogen and oxygen atoms in total. The average Bonchev–Trinajstić information content (AvgIpc) is 2.43. The topological polar surface area (TPSA) is 37.8 Å². The Labute approximate surface area is 129 Å². The van der Waals surface area contributed by atoms with Gasteiger partial charge in [-0.15, -0.1) is 0 Å². The Morgan fingerprint density at radius 2 is 1.95 bits per heavy atom. The number of halogens is 2. The van der Waals surface area contributed by atoms with Gasteiger partial charge >= 0.3 is 0 Å². The maximum absolute atomic E-state index is 6.06. The molecule has 0 bridgehead atoms. The molecule has 0 aliphatic heterocycles. The van der Waals surface area contributed by atoms with Gasteiger partial charge in [-0.25, -0.2) is 0 Å². The van der Waals surface area contributed by atoms with Crippen LogP contribution >= 0.6 is 23.2 Å². The summed E-state index contributed by atoms with van der Waals surface area (Å²) in [5.74, 6) is 0. The zero-order valence-corrected chi connectivity index (χ0v) is 13.0. The van der Waals surface area contributed by atoms with E-state index >= 15 is 0 Å². The number of aromatic nitrogens is 2. The third-order valence-electron chi connectivity index (χ3n) is 3.03. The van der Waals surface area contributed by atoms with E-state index in [1.165, 1.54) is 0 Å². The Morgan fingerprint density at radius 3 is 2.55 bits per heavy atom. The van der Waals surface area contributed by atoms with Gasteiger partial charge in [0.25, 0.3) is 0 Å². The molecule has 20 heavy (non-hydrogen) atoms. The zero-order valence-electron chi connectivity index (χ0n) is 11.5. The summed E-state index contributed by atoms with van der Waals surface area (Å²) >= 11 is 12.0. The predicted molar refractivity (Wildman–Crippen MR) is 83.4 cm³/mol. The summed E-state index contributed by atoms with van der Waals surface area (Å²) in [5, 5.41) is 4.58. The van der Waals surface area contributed by atoms with Crippen LogP contribution in [0.3, 0.4) is 0 Å². The fourth-order valence-corrected chi connectivity index (χ4v) is 2.33. The molecule has 1 aromatic carbocycles. The van der Waals surface area contributed by atoms with Crippen molar-refractivity contribution in [2.24, 2.45) is 0 Å². The second-order valence-corrected chi connectivity index (χ2v) is 5.46. The van der Waals surface area contributed by atoms with Gasteiger partial charge in [-0.1, -0.05) is 36.2 Å². The predicted octanol–water partition coefficient (Wildman–Crippen LogP) is 3.99. The smallest absolute Gasteiger partial charge is 0.0759 e. The lowest BCUT2D eigenvalue weighted by molar-refractivity contribution is 0.534. The molecule has 1 unspecified atom stereocenters. The highest BCUT2D eigenvalue weighted by Crippen LogP contribution is 2.25. The van der Waals surface area contributed by atoms with Gasteiger partial charge < -0.3 is 5.32 Å². The summed E-state index contributed by atoms with van der Waals surface area (Å²) in [6.45, 7) is 4.86. The van der Waals surface area contributed by atoms with Gasteiger partial charge in [0.15, 0.2) is 0 Å². The third-order valence-corrected chi connectivity index (χ3v) is 3.77. The molecule has 1 atom stereocenters. The van der Waals surface area contributed by atoms with Crippen LogP contribution in [0.4, 0.5) is 0 Å². The molecule has 5 heteroatoms. The molecule has 0 aliphatic rings. The minimum atomic E-state index is 0.116. The Kier molecular flexibility index (Phi) is 5.35. The van der Waals surface area contributed by atoms with Crippen molar-refractivity contribution in [2.45, 2.75) is 26.3 Å². The largest absolute Gasteiger partial charge is 0.309 e. The van der Waals surface area contributed by atoms with E-state index in [1.807, 2.05) is 31.3 Å². The molecule has 0 aliphatic carbocycles. The molecule has 2 rings (SSSR count). The van der Waals surface area contributed by atoms with Gasteiger partial charge in [0.1, 0.15) is 0 Å². The maximum atomic E-state index is 6.06. The normalized spacial score (nSPS) is 12.4. The number of likely N-dealkylation sites (N-methyl/N-ethyl adjacent to an activating group) is 1. The summed E-state index contributed by atoms with van der Waals surface area (Å²) in [4.78, 5) is 8.76. The second-order valence-electron chi connectivity index (χ2n) is 4.65. The number of benzene rings is 1. The third kappa shape index (κ3) is 3.92. The quantitative estimate of drug-likeness (QED) is 0.907. The molecule has 1 heterocycles. The van der Waals surface area contributed by atoms with Crippen molar-refractivity contribution >= 4 is 23.2 Å². The van der Waals surface area contributed by atoms with E-state index in [4.69, 9.17) is 23.2 Å². The van der Waals surface area contributed by atoms with Crippen LogP contribution < -0.4 is 5.32 Å². The van der Waals surface area contributed by atoms with Crippen LogP contribution in [0.5, 0.6) is 0 Å². The molecule has 0 spiro atoms. The van der Waals surface area contributed by atoms with E-state index < -0.39 is 0 Å². The standard InChI is InChI=1S/C15H17Cl2N3/c1-3-18-14(15-9-19-10(2)8-20-15)7-11-4-5-12(16)13(17)6-11/h4-6,8-9,14,18H,3,7H2,1-2H3. The molecule has 0 fully saturated rings.